The van der Waals surface area contributed by atoms with Crippen molar-refractivity contribution >= 4 is 0 Å². The SMILES string of the molecule is C=CCC1C(O)CCN(CC=C)C1(CC=C)CC=C. The van der Waals surface area contributed by atoms with E-state index in [2.05, 4.69) is 31.2 Å². The summed E-state index contributed by atoms with van der Waals surface area (Å²) < 4.78 is 0. The minimum absolute atomic E-state index is 0.108. The summed E-state index contributed by atoms with van der Waals surface area (Å²) in [4.78, 5) is 2.42. The van der Waals surface area contributed by atoms with Crippen molar-refractivity contribution in [1.29, 1.82) is 0 Å². The first-order valence-electron chi connectivity index (χ1n) is 7.03. The van der Waals surface area contributed by atoms with Crippen molar-refractivity contribution in [2.75, 3.05) is 13.1 Å². The molecule has 0 aliphatic carbocycles. The molecule has 1 N–H and O–H groups in total. The van der Waals surface area contributed by atoms with E-state index in [4.69, 9.17) is 0 Å². The van der Waals surface area contributed by atoms with Crippen molar-refractivity contribution in [3.05, 3.63) is 50.6 Å². The summed E-state index contributed by atoms with van der Waals surface area (Å²) in [5.41, 5.74) is -0.108. The van der Waals surface area contributed by atoms with E-state index in [-0.39, 0.29) is 17.6 Å². The fourth-order valence-electron chi connectivity index (χ4n) is 3.43. The lowest BCUT2D eigenvalue weighted by Gasteiger charge is -2.53. The zero-order valence-electron chi connectivity index (χ0n) is 11.9. The number of allylic oxidation sites excluding steroid dienone is 1. The van der Waals surface area contributed by atoms with Crippen LogP contribution in [0.25, 0.3) is 0 Å². The summed E-state index contributed by atoms with van der Waals surface area (Å²) in [6.07, 6.45) is 10.8. The lowest BCUT2D eigenvalue weighted by atomic mass is 9.69. The minimum atomic E-state index is -0.279. The van der Waals surface area contributed by atoms with Gasteiger partial charge in [0, 0.05) is 24.5 Å². The van der Waals surface area contributed by atoms with Crippen molar-refractivity contribution in [1.82, 2.24) is 4.90 Å². The fourth-order valence-corrected chi connectivity index (χ4v) is 3.43. The van der Waals surface area contributed by atoms with E-state index in [0.29, 0.717) is 0 Å². The van der Waals surface area contributed by atoms with Crippen molar-refractivity contribution < 1.29 is 5.11 Å². The maximum Gasteiger partial charge on any atom is 0.0601 e. The third-order valence-corrected chi connectivity index (χ3v) is 4.24. The molecule has 1 aliphatic rings. The first-order valence-corrected chi connectivity index (χ1v) is 7.03. The van der Waals surface area contributed by atoms with Crippen molar-refractivity contribution in [2.45, 2.75) is 37.3 Å². The van der Waals surface area contributed by atoms with Gasteiger partial charge < -0.3 is 5.11 Å². The molecular weight excluding hydrogens is 234 g/mol. The molecule has 106 valence electrons. The third kappa shape index (κ3) is 3.26. The highest BCUT2D eigenvalue weighted by molar-refractivity contribution is 5.10. The molecule has 2 heteroatoms. The maximum atomic E-state index is 10.4. The van der Waals surface area contributed by atoms with Crippen LogP contribution in [0.15, 0.2) is 50.6 Å². The zero-order chi connectivity index (χ0) is 14.3. The van der Waals surface area contributed by atoms with Gasteiger partial charge in [-0.2, -0.15) is 0 Å². The number of aliphatic hydroxyl groups is 1. The molecule has 2 unspecified atom stereocenters. The second-order valence-electron chi connectivity index (χ2n) is 5.31. The summed E-state index contributed by atoms with van der Waals surface area (Å²) in [6.45, 7) is 17.2. The van der Waals surface area contributed by atoms with E-state index >= 15 is 0 Å². The number of hydrogen-bond donors (Lipinski definition) is 1. The van der Waals surface area contributed by atoms with Gasteiger partial charge in [-0.3, -0.25) is 4.90 Å². The molecule has 1 saturated heterocycles. The average Bonchev–Trinajstić information content (AvgIpc) is 2.39. The standard InChI is InChI=1S/C17H27NO/c1-5-9-15-16(19)10-14-18(13-8-4)17(15,11-6-2)12-7-3/h5-8,15-16,19H,1-4,9-14H2. The normalized spacial score (nSPS) is 26.6. The van der Waals surface area contributed by atoms with E-state index in [9.17, 15) is 5.11 Å². The molecule has 0 aromatic carbocycles. The summed E-state index contributed by atoms with van der Waals surface area (Å²) in [6, 6.07) is 0. The average molecular weight is 261 g/mol. The number of likely N-dealkylation sites (tertiary alicyclic amines) is 1. The van der Waals surface area contributed by atoms with E-state index in [0.717, 1.165) is 38.8 Å². The largest absolute Gasteiger partial charge is 0.393 e. The summed E-state index contributed by atoms with van der Waals surface area (Å²) in [5, 5.41) is 10.4. The molecule has 0 amide bonds. The van der Waals surface area contributed by atoms with E-state index in [1.165, 1.54) is 0 Å². The van der Waals surface area contributed by atoms with Crippen LogP contribution in [0.1, 0.15) is 25.7 Å². The monoisotopic (exact) mass is 261 g/mol. The van der Waals surface area contributed by atoms with Crippen LogP contribution in [0.4, 0.5) is 0 Å². The summed E-state index contributed by atoms with van der Waals surface area (Å²) in [7, 11) is 0. The molecule has 0 spiro atoms. The molecule has 1 rings (SSSR count). The van der Waals surface area contributed by atoms with Gasteiger partial charge in [0.25, 0.3) is 0 Å². The van der Waals surface area contributed by atoms with Crippen molar-refractivity contribution in [2.24, 2.45) is 5.92 Å². The first-order chi connectivity index (χ1) is 9.16. The third-order valence-electron chi connectivity index (χ3n) is 4.24. The van der Waals surface area contributed by atoms with Crippen LogP contribution in [-0.2, 0) is 0 Å². The molecule has 1 aliphatic heterocycles. The minimum Gasteiger partial charge on any atom is -0.393 e. The highest BCUT2D eigenvalue weighted by atomic mass is 16.3. The number of rotatable bonds is 8. The topological polar surface area (TPSA) is 23.5 Å². The van der Waals surface area contributed by atoms with E-state index in [1.807, 2.05) is 24.3 Å². The number of aliphatic hydroxyl groups excluding tert-OH is 1. The Bertz CT molecular complexity index is 324. The number of nitrogens with zero attached hydrogens (tertiary/aromatic N) is 1. The van der Waals surface area contributed by atoms with Crippen LogP contribution >= 0.6 is 0 Å². The summed E-state index contributed by atoms with van der Waals surface area (Å²) in [5.74, 6) is 0.176. The Morgan fingerprint density at radius 1 is 1.05 bits per heavy atom. The lowest BCUT2D eigenvalue weighted by Crippen LogP contribution is -2.61. The van der Waals surface area contributed by atoms with Gasteiger partial charge in [0.1, 0.15) is 0 Å². The molecule has 0 bridgehead atoms. The molecule has 2 nitrogen and oxygen atoms in total. The second-order valence-corrected chi connectivity index (χ2v) is 5.31. The molecular formula is C17H27NO. The lowest BCUT2D eigenvalue weighted by molar-refractivity contribution is -0.0706. The van der Waals surface area contributed by atoms with Crippen molar-refractivity contribution in [3.63, 3.8) is 0 Å². The molecule has 1 fully saturated rings. The predicted octanol–water partition coefficient (Wildman–Crippen LogP) is 3.32. The van der Waals surface area contributed by atoms with Gasteiger partial charge in [-0.05, 0) is 25.7 Å². The second kappa shape index (κ2) is 7.46. The molecule has 0 aromatic rings. The number of piperidine rings is 1. The Labute approximate surface area is 117 Å². The van der Waals surface area contributed by atoms with Crippen LogP contribution < -0.4 is 0 Å². The van der Waals surface area contributed by atoms with Gasteiger partial charge in [0.2, 0.25) is 0 Å². The maximum absolute atomic E-state index is 10.4. The van der Waals surface area contributed by atoms with Crippen LogP contribution in [0.3, 0.4) is 0 Å². The first kappa shape index (κ1) is 15.9. The van der Waals surface area contributed by atoms with Crippen LogP contribution in [0, 0.1) is 5.92 Å². The van der Waals surface area contributed by atoms with Gasteiger partial charge in [0.15, 0.2) is 0 Å². The van der Waals surface area contributed by atoms with Crippen LogP contribution in [0.5, 0.6) is 0 Å². The van der Waals surface area contributed by atoms with Gasteiger partial charge in [0.05, 0.1) is 6.10 Å². The molecule has 2 atom stereocenters. The molecule has 1 heterocycles. The smallest absolute Gasteiger partial charge is 0.0601 e. The Hall–Kier alpha value is -1.12. The molecule has 19 heavy (non-hydrogen) atoms. The van der Waals surface area contributed by atoms with Crippen molar-refractivity contribution in [3.8, 4) is 0 Å². The highest BCUT2D eigenvalue weighted by Crippen LogP contribution is 2.42. The number of hydrogen-bond acceptors (Lipinski definition) is 2. The fraction of sp³-hybridized carbons (Fsp3) is 0.529. The van der Waals surface area contributed by atoms with E-state index < -0.39 is 0 Å². The van der Waals surface area contributed by atoms with Gasteiger partial charge in [-0.25, -0.2) is 0 Å². The van der Waals surface area contributed by atoms with Crippen LogP contribution in [-0.4, -0.2) is 34.7 Å². The molecule has 0 radical (unpaired) electrons. The van der Waals surface area contributed by atoms with Gasteiger partial charge in [-0.1, -0.05) is 24.3 Å². The van der Waals surface area contributed by atoms with E-state index in [1.54, 1.807) is 0 Å². The Morgan fingerprint density at radius 2 is 1.68 bits per heavy atom. The Balaban J connectivity index is 3.17. The molecule has 0 aromatic heterocycles. The quantitative estimate of drug-likeness (QED) is 0.678. The Kier molecular flexibility index (Phi) is 6.26. The summed E-state index contributed by atoms with van der Waals surface area (Å²) >= 11 is 0. The van der Waals surface area contributed by atoms with Gasteiger partial charge >= 0.3 is 0 Å². The Morgan fingerprint density at radius 3 is 2.16 bits per heavy atom. The molecule has 0 saturated carbocycles. The van der Waals surface area contributed by atoms with Gasteiger partial charge in [-0.15, -0.1) is 26.3 Å². The zero-order valence-corrected chi connectivity index (χ0v) is 11.9. The highest BCUT2D eigenvalue weighted by Gasteiger charge is 2.47. The van der Waals surface area contributed by atoms with Crippen LogP contribution in [0.2, 0.25) is 0 Å². The predicted molar refractivity (Wildman–Crippen MR) is 83.1 cm³/mol.